The standard InChI is InChI=1S/C13H22FNO/c1-9(2)10-4-6-15(7-5-10)12(16)11-8-13(11,3)14/h9-11H,4-8H2,1-3H3. The Labute approximate surface area is 97.2 Å². The van der Waals surface area contributed by atoms with E-state index in [0.717, 1.165) is 31.8 Å². The molecule has 92 valence electrons. The van der Waals surface area contributed by atoms with E-state index >= 15 is 0 Å². The molecule has 2 nitrogen and oxygen atoms in total. The summed E-state index contributed by atoms with van der Waals surface area (Å²) in [6.45, 7) is 7.67. The van der Waals surface area contributed by atoms with E-state index in [4.69, 9.17) is 0 Å². The van der Waals surface area contributed by atoms with Gasteiger partial charge < -0.3 is 4.90 Å². The third-order valence-electron chi connectivity index (χ3n) is 4.26. The first kappa shape index (κ1) is 11.9. The lowest BCUT2D eigenvalue weighted by Gasteiger charge is -2.34. The largest absolute Gasteiger partial charge is 0.342 e. The second-order valence-corrected chi connectivity index (χ2v) is 5.94. The highest BCUT2D eigenvalue weighted by Crippen LogP contribution is 2.48. The molecule has 2 aliphatic rings. The first-order valence-electron chi connectivity index (χ1n) is 6.39. The molecule has 16 heavy (non-hydrogen) atoms. The number of hydrogen-bond donors (Lipinski definition) is 0. The molecule has 0 spiro atoms. The normalized spacial score (nSPS) is 35.6. The lowest BCUT2D eigenvalue weighted by Crippen LogP contribution is -2.41. The van der Waals surface area contributed by atoms with Crippen molar-refractivity contribution >= 4 is 5.91 Å². The maximum Gasteiger partial charge on any atom is 0.229 e. The molecule has 0 aromatic carbocycles. The number of rotatable bonds is 2. The van der Waals surface area contributed by atoms with Gasteiger partial charge in [-0.1, -0.05) is 13.8 Å². The molecule has 2 unspecified atom stereocenters. The maximum absolute atomic E-state index is 13.4. The van der Waals surface area contributed by atoms with E-state index in [0.29, 0.717) is 12.3 Å². The molecule has 2 atom stereocenters. The highest BCUT2D eigenvalue weighted by Gasteiger charge is 2.57. The van der Waals surface area contributed by atoms with E-state index in [1.807, 2.05) is 4.90 Å². The monoisotopic (exact) mass is 227 g/mol. The van der Waals surface area contributed by atoms with Crippen molar-refractivity contribution < 1.29 is 9.18 Å². The van der Waals surface area contributed by atoms with Gasteiger partial charge in [-0.3, -0.25) is 4.79 Å². The summed E-state index contributed by atoms with van der Waals surface area (Å²) < 4.78 is 13.4. The van der Waals surface area contributed by atoms with Crippen molar-refractivity contribution in [1.82, 2.24) is 4.90 Å². The third kappa shape index (κ3) is 2.23. The number of halogens is 1. The van der Waals surface area contributed by atoms with E-state index < -0.39 is 5.67 Å². The maximum atomic E-state index is 13.4. The van der Waals surface area contributed by atoms with Gasteiger partial charge in [-0.25, -0.2) is 4.39 Å². The SMILES string of the molecule is CC(C)C1CCN(C(=O)C2CC2(C)F)CC1. The van der Waals surface area contributed by atoms with E-state index in [9.17, 15) is 9.18 Å². The molecule has 0 aromatic heterocycles. The molecular formula is C13H22FNO. The van der Waals surface area contributed by atoms with Crippen molar-refractivity contribution in [2.24, 2.45) is 17.8 Å². The Morgan fingerprint density at radius 2 is 1.88 bits per heavy atom. The van der Waals surface area contributed by atoms with Gasteiger partial charge in [0.2, 0.25) is 5.91 Å². The molecule has 2 rings (SSSR count). The second-order valence-electron chi connectivity index (χ2n) is 5.94. The van der Waals surface area contributed by atoms with Crippen LogP contribution in [-0.4, -0.2) is 29.6 Å². The zero-order valence-electron chi connectivity index (χ0n) is 10.5. The van der Waals surface area contributed by atoms with Crippen LogP contribution in [0, 0.1) is 17.8 Å². The number of amides is 1. The smallest absolute Gasteiger partial charge is 0.229 e. The number of alkyl halides is 1. The quantitative estimate of drug-likeness (QED) is 0.710. The number of nitrogens with zero attached hydrogens (tertiary/aromatic N) is 1. The Morgan fingerprint density at radius 3 is 2.25 bits per heavy atom. The predicted octanol–water partition coefficient (Wildman–Crippen LogP) is 2.63. The van der Waals surface area contributed by atoms with Crippen LogP contribution in [0.5, 0.6) is 0 Å². The summed E-state index contributed by atoms with van der Waals surface area (Å²) in [5.74, 6) is 1.14. The summed E-state index contributed by atoms with van der Waals surface area (Å²) >= 11 is 0. The average molecular weight is 227 g/mol. The number of carbonyl (C=O) groups excluding carboxylic acids is 1. The lowest BCUT2D eigenvalue weighted by atomic mass is 9.86. The van der Waals surface area contributed by atoms with Crippen LogP contribution in [0.4, 0.5) is 4.39 Å². The van der Waals surface area contributed by atoms with E-state index in [1.54, 1.807) is 0 Å². The molecule has 0 aromatic rings. The van der Waals surface area contributed by atoms with Gasteiger partial charge in [0.05, 0.1) is 5.92 Å². The van der Waals surface area contributed by atoms with Crippen LogP contribution >= 0.6 is 0 Å². The van der Waals surface area contributed by atoms with Gasteiger partial charge >= 0.3 is 0 Å². The van der Waals surface area contributed by atoms with Crippen molar-refractivity contribution in [1.29, 1.82) is 0 Å². The Bertz CT molecular complexity index is 280. The summed E-state index contributed by atoms with van der Waals surface area (Å²) in [4.78, 5) is 13.8. The molecule has 0 bridgehead atoms. The fraction of sp³-hybridized carbons (Fsp3) is 0.923. The summed E-state index contributed by atoms with van der Waals surface area (Å²) in [5, 5.41) is 0. The van der Waals surface area contributed by atoms with Crippen LogP contribution < -0.4 is 0 Å². The molecule has 1 heterocycles. The Hall–Kier alpha value is -0.600. The summed E-state index contributed by atoms with van der Waals surface area (Å²) in [6.07, 6.45) is 2.59. The highest BCUT2D eigenvalue weighted by molar-refractivity contribution is 5.83. The van der Waals surface area contributed by atoms with Gasteiger partial charge in [-0.05, 0) is 38.0 Å². The molecule has 0 N–H and O–H groups in total. The minimum atomic E-state index is -1.22. The number of piperidine rings is 1. The van der Waals surface area contributed by atoms with Gasteiger partial charge in [0.25, 0.3) is 0 Å². The minimum Gasteiger partial charge on any atom is -0.342 e. The van der Waals surface area contributed by atoms with Crippen molar-refractivity contribution in [3.05, 3.63) is 0 Å². The lowest BCUT2D eigenvalue weighted by molar-refractivity contribution is -0.135. The fourth-order valence-corrected chi connectivity index (χ4v) is 2.69. The molecule has 2 fully saturated rings. The fourth-order valence-electron chi connectivity index (χ4n) is 2.69. The van der Waals surface area contributed by atoms with E-state index in [-0.39, 0.29) is 11.8 Å². The van der Waals surface area contributed by atoms with Crippen LogP contribution in [0.2, 0.25) is 0 Å². The molecule has 1 aliphatic heterocycles. The molecule has 1 saturated carbocycles. The highest BCUT2D eigenvalue weighted by atomic mass is 19.1. The van der Waals surface area contributed by atoms with Gasteiger partial charge in [0.15, 0.2) is 0 Å². The van der Waals surface area contributed by atoms with Crippen LogP contribution in [0.1, 0.15) is 40.0 Å². The minimum absolute atomic E-state index is 0.0483. The predicted molar refractivity (Wildman–Crippen MR) is 61.8 cm³/mol. The topological polar surface area (TPSA) is 20.3 Å². The molecule has 1 saturated heterocycles. The zero-order chi connectivity index (χ0) is 11.9. The summed E-state index contributed by atoms with van der Waals surface area (Å²) in [6, 6.07) is 0. The first-order chi connectivity index (χ1) is 7.42. The van der Waals surface area contributed by atoms with Crippen molar-refractivity contribution in [2.75, 3.05) is 13.1 Å². The molecule has 0 radical (unpaired) electrons. The van der Waals surface area contributed by atoms with Crippen molar-refractivity contribution in [2.45, 2.75) is 45.7 Å². The van der Waals surface area contributed by atoms with Gasteiger partial charge in [-0.15, -0.1) is 0 Å². The number of carbonyl (C=O) groups is 1. The molecule has 1 amide bonds. The molecule has 3 heteroatoms. The Morgan fingerprint density at radius 1 is 1.38 bits per heavy atom. The van der Waals surface area contributed by atoms with Crippen LogP contribution in [0.3, 0.4) is 0 Å². The first-order valence-corrected chi connectivity index (χ1v) is 6.39. The Kier molecular flexibility index (Phi) is 2.97. The molecule has 1 aliphatic carbocycles. The molecular weight excluding hydrogens is 205 g/mol. The van der Waals surface area contributed by atoms with Crippen LogP contribution in [-0.2, 0) is 4.79 Å². The van der Waals surface area contributed by atoms with Gasteiger partial charge in [0, 0.05) is 13.1 Å². The second kappa shape index (κ2) is 4.01. The van der Waals surface area contributed by atoms with Crippen LogP contribution in [0.15, 0.2) is 0 Å². The van der Waals surface area contributed by atoms with E-state index in [2.05, 4.69) is 13.8 Å². The van der Waals surface area contributed by atoms with Gasteiger partial charge in [-0.2, -0.15) is 0 Å². The zero-order valence-corrected chi connectivity index (χ0v) is 10.5. The Balaban J connectivity index is 1.83. The van der Waals surface area contributed by atoms with Crippen molar-refractivity contribution in [3.63, 3.8) is 0 Å². The van der Waals surface area contributed by atoms with Gasteiger partial charge in [0.1, 0.15) is 5.67 Å². The van der Waals surface area contributed by atoms with E-state index in [1.165, 1.54) is 6.92 Å². The average Bonchev–Trinajstić information content (AvgIpc) is 2.87. The summed E-state index contributed by atoms with van der Waals surface area (Å²) in [5.41, 5.74) is -1.22. The number of hydrogen-bond acceptors (Lipinski definition) is 1. The number of likely N-dealkylation sites (tertiary alicyclic amines) is 1. The third-order valence-corrected chi connectivity index (χ3v) is 4.26. The van der Waals surface area contributed by atoms with Crippen molar-refractivity contribution in [3.8, 4) is 0 Å². The summed E-state index contributed by atoms with van der Waals surface area (Å²) in [7, 11) is 0. The van der Waals surface area contributed by atoms with Crippen LogP contribution in [0.25, 0.3) is 0 Å².